The molecule has 1 aromatic heterocycles. The van der Waals surface area contributed by atoms with E-state index in [9.17, 15) is 4.79 Å². The Morgan fingerprint density at radius 1 is 1.33 bits per heavy atom. The Hall–Kier alpha value is -1.16. The highest BCUT2D eigenvalue weighted by Crippen LogP contribution is 2.18. The molecule has 0 aromatic carbocycles. The van der Waals surface area contributed by atoms with Gasteiger partial charge in [0.15, 0.2) is 0 Å². The number of aromatic nitrogens is 2. The number of aromatic amines is 1. The molecule has 0 unspecified atom stereocenters. The number of rotatable bonds is 1. The van der Waals surface area contributed by atoms with Crippen molar-refractivity contribution in [1.82, 2.24) is 15.3 Å². The minimum Gasteiger partial charge on any atom is -0.310 e. The predicted octanol–water partition coefficient (Wildman–Crippen LogP) is 0.962. The van der Waals surface area contributed by atoms with E-state index in [0.29, 0.717) is 6.54 Å². The van der Waals surface area contributed by atoms with Crippen LogP contribution in [0.25, 0.3) is 0 Å². The van der Waals surface area contributed by atoms with Crippen LogP contribution < -0.4 is 10.9 Å². The molecule has 0 atom stereocenters. The monoisotopic (exact) mass is 207 g/mol. The average molecular weight is 207 g/mol. The molecule has 0 radical (unpaired) electrons. The molecule has 0 amide bonds. The third-order valence-electron chi connectivity index (χ3n) is 2.44. The predicted molar refractivity (Wildman–Crippen MR) is 58.6 cm³/mol. The molecule has 4 heteroatoms. The number of nitrogens with zero attached hydrogens (tertiary/aromatic N) is 1. The van der Waals surface area contributed by atoms with Gasteiger partial charge in [0.05, 0.1) is 11.3 Å². The van der Waals surface area contributed by atoms with Crippen molar-refractivity contribution in [2.45, 2.75) is 40.3 Å². The topological polar surface area (TPSA) is 57.8 Å². The normalized spacial score (nSPS) is 15.4. The van der Waals surface area contributed by atoms with Gasteiger partial charge < -0.3 is 10.3 Å². The molecule has 2 heterocycles. The van der Waals surface area contributed by atoms with Crippen LogP contribution in [-0.4, -0.2) is 9.97 Å². The van der Waals surface area contributed by atoms with Gasteiger partial charge >= 0.3 is 0 Å². The highest BCUT2D eigenvalue weighted by molar-refractivity contribution is 5.21. The maximum absolute atomic E-state index is 11.7. The van der Waals surface area contributed by atoms with Gasteiger partial charge in [-0.1, -0.05) is 20.8 Å². The molecule has 0 saturated carbocycles. The Labute approximate surface area is 89.1 Å². The second-order valence-corrected chi connectivity index (χ2v) is 5.28. The maximum Gasteiger partial charge on any atom is 0.255 e. The van der Waals surface area contributed by atoms with Crippen molar-refractivity contribution < 1.29 is 0 Å². The lowest BCUT2D eigenvalue weighted by molar-refractivity contribution is 0.399. The molecule has 1 aliphatic heterocycles. The third kappa shape index (κ3) is 2.26. The van der Waals surface area contributed by atoms with Crippen molar-refractivity contribution in [2.24, 2.45) is 5.41 Å². The Morgan fingerprint density at radius 3 is 2.73 bits per heavy atom. The van der Waals surface area contributed by atoms with Crippen molar-refractivity contribution in [2.75, 3.05) is 0 Å². The van der Waals surface area contributed by atoms with Crippen molar-refractivity contribution in [3.05, 3.63) is 27.4 Å². The molecule has 1 aliphatic rings. The zero-order valence-electron chi connectivity index (χ0n) is 9.48. The van der Waals surface area contributed by atoms with Crippen molar-refractivity contribution >= 4 is 0 Å². The number of nitrogens with one attached hydrogen (secondary N) is 2. The molecule has 2 N–H and O–H groups in total. The summed E-state index contributed by atoms with van der Waals surface area (Å²) in [4.78, 5) is 19.0. The van der Waals surface area contributed by atoms with Gasteiger partial charge in [-0.3, -0.25) is 4.79 Å². The molecule has 0 spiro atoms. The van der Waals surface area contributed by atoms with Crippen LogP contribution in [0.3, 0.4) is 0 Å². The molecular formula is C11H17N3O. The number of fused-ring (bicyclic) bond motifs is 1. The summed E-state index contributed by atoms with van der Waals surface area (Å²) >= 11 is 0. The number of H-pyrrole nitrogens is 1. The standard InChI is InChI=1S/C11H17N3O/c1-11(2,3)4-9-13-8-6-12-5-7(8)10(15)14-9/h12H,4-6H2,1-3H3,(H,13,14,15). The van der Waals surface area contributed by atoms with Gasteiger partial charge in [0, 0.05) is 19.5 Å². The average Bonchev–Trinajstić information content (AvgIpc) is 2.48. The van der Waals surface area contributed by atoms with E-state index in [-0.39, 0.29) is 11.0 Å². The Bertz CT molecular complexity index is 428. The summed E-state index contributed by atoms with van der Waals surface area (Å²) < 4.78 is 0. The molecule has 0 bridgehead atoms. The summed E-state index contributed by atoms with van der Waals surface area (Å²) in [5.41, 5.74) is 1.88. The minimum atomic E-state index is 0.0178. The molecule has 4 nitrogen and oxygen atoms in total. The molecule has 0 aliphatic carbocycles. The molecule has 1 aromatic rings. The van der Waals surface area contributed by atoms with Crippen LogP contribution >= 0.6 is 0 Å². The van der Waals surface area contributed by atoms with Crippen LogP contribution in [0.15, 0.2) is 4.79 Å². The van der Waals surface area contributed by atoms with Crippen LogP contribution in [0.1, 0.15) is 37.9 Å². The molecule has 2 rings (SSSR count). The van der Waals surface area contributed by atoms with Gasteiger partial charge in [-0.05, 0) is 5.41 Å². The molecule has 82 valence electrons. The zero-order chi connectivity index (χ0) is 11.1. The van der Waals surface area contributed by atoms with Crippen molar-refractivity contribution in [3.8, 4) is 0 Å². The Kier molecular flexibility index (Phi) is 2.38. The van der Waals surface area contributed by atoms with E-state index in [1.807, 2.05) is 0 Å². The molecule has 15 heavy (non-hydrogen) atoms. The summed E-state index contributed by atoms with van der Waals surface area (Å²) in [6, 6.07) is 0. The minimum absolute atomic E-state index is 0.0178. The van der Waals surface area contributed by atoms with E-state index >= 15 is 0 Å². The summed E-state index contributed by atoms with van der Waals surface area (Å²) in [6.07, 6.45) is 0.801. The molecular weight excluding hydrogens is 190 g/mol. The van der Waals surface area contributed by atoms with E-state index in [1.165, 1.54) is 0 Å². The summed E-state index contributed by atoms with van der Waals surface area (Å²) in [6.45, 7) is 7.78. The Balaban J connectivity index is 2.36. The molecule has 0 saturated heterocycles. The first-order valence-corrected chi connectivity index (χ1v) is 5.27. The summed E-state index contributed by atoms with van der Waals surface area (Å²) in [5, 5.41) is 3.14. The SMILES string of the molecule is CC(C)(C)Cc1nc2c(c(=O)[nH]1)CNC2. The van der Waals surface area contributed by atoms with Crippen LogP contribution in [0.2, 0.25) is 0 Å². The highest BCUT2D eigenvalue weighted by atomic mass is 16.1. The van der Waals surface area contributed by atoms with Crippen LogP contribution in [0, 0.1) is 5.41 Å². The number of hydrogen-bond acceptors (Lipinski definition) is 3. The van der Waals surface area contributed by atoms with E-state index in [0.717, 1.165) is 30.0 Å². The van der Waals surface area contributed by atoms with Gasteiger partial charge in [0.1, 0.15) is 5.82 Å². The second-order valence-electron chi connectivity index (χ2n) is 5.28. The summed E-state index contributed by atoms with van der Waals surface area (Å²) in [7, 11) is 0. The van der Waals surface area contributed by atoms with Crippen LogP contribution in [0.4, 0.5) is 0 Å². The highest BCUT2D eigenvalue weighted by Gasteiger charge is 2.19. The smallest absolute Gasteiger partial charge is 0.255 e. The van der Waals surface area contributed by atoms with E-state index in [4.69, 9.17) is 0 Å². The van der Waals surface area contributed by atoms with Gasteiger partial charge in [-0.2, -0.15) is 0 Å². The fourth-order valence-corrected chi connectivity index (χ4v) is 1.82. The third-order valence-corrected chi connectivity index (χ3v) is 2.44. The van der Waals surface area contributed by atoms with Gasteiger partial charge in [0.2, 0.25) is 0 Å². The lowest BCUT2D eigenvalue weighted by Crippen LogP contribution is -2.21. The largest absolute Gasteiger partial charge is 0.310 e. The second kappa shape index (κ2) is 3.45. The lowest BCUT2D eigenvalue weighted by atomic mass is 9.92. The molecule has 0 fully saturated rings. The first-order valence-electron chi connectivity index (χ1n) is 5.27. The maximum atomic E-state index is 11.7. The van der Waals surface area contributed by atoms with Gasteiger partial charge in [-0.15, -0.1) is 0 Å². The fraction of sp³-hybridized carbons (Fsp3) is 0.636. The quantitative estimate of drug-likeness (QED) is 0.721. The van der Waals surface area contributed by atoms with Gasteiger partial charge in [0.25, 0.3) is 5.56 Å². The van der Waals surface area contributed by atoms with Crippen molar-refractivity contribution in [1.29, 1.82) is 0 Å². The zero-order valence-corrected chi connectivity index (χ0v) is 9.48. The first kappa shape index (κ1) is 10.4. The Morgan fingerprint density at radius 2 is 2.07 bits per heavy atom. The van der Waals surface area contributed by atoms with E-state index in [2.05, 4.69) is 36.1 Å². The van der Waals surface area contributed by atoms with E-state index < -0.39 is 0 Å². The number of hydrogen-bond donors (Lipinski definition) is 2. The van der Waals surface area contributed by atoms with Crippen LogP contribution in [0.5, 0.6) is 0 Å². The fourth-order valence-electron chi connectivity index (χ4n) is 1.82. The van der Waals surface area contributed by atoms with Gasteiger partial charge in [-0.25, -0.2) is 4.98 Å². The first-order chi connectivity index (χ1) is 6.96. The van der Waals surface area contributed by atoms with Crippen LogP contribution in [-0.2, 0) is 19.5 Å². The summed E-state index contributed by atoms with van der Waals surface area (Å²) in [5.74, 6) is 0.801. The lowest BCUT2D eigenvalue weighted by Gasteiger charge is -2.17. The van der Waals surface area contributed by atoms with E-state index in [1.54, 1.807) is 0 Å². The van der Waals surface area contributed by atoms with Crippen molar-refractivity contribution in [3.63, 3.8) is 0 Å².